The molecule has 0 saturated carbocycles. The van der Waals surface area contributed by atoms with E-state index in [4.69, 9.17) is 0 Å². The Morgan fingerprint density at radius 3 is 3.05 bits per heavy atom. The standard InChI is InChI=1S/C15H22N4/c1-12-9-16-17-15(12)13-5-3-8-19(10-13)11-14-6-4-7-18(14)2/h4,6-7,9,13H,3,5,8,10-11H2,1-2H3,(H,16,17)/t13-/m0/s1. The van der Waals surface area contributed by atoms with E-state index in [0.717, 1.165) is 13.1 Å². The SMILES string of the molecule is Cc1cn[nH]c1[C@H]1CCCN(Cc2cccn2C)C1. The number of nitrogens with zero attached hydrogens (tertiary/aromatic N) is 3. The monoisotopic (exact) mass is 258 g/mol. The van der Waals surface area contributed by atoms with Crippen LogP contribution in [0.3, 0.4) is 0 Å². The molecule has 3 rings (SSSR count). The number of hydrogen-bond donors (Lipinski definition) is 1. The molecule has 1 aliphatic heterocycles. The zero-order valence-electron chi connectivity index (χ0n) is 11.8. The Balaban J connectivity index is 1.68. The molecule has 1 fully saturated rings. The van der Waals surface area contributed by atoms with Crippen molar-refractivity contribution in [2.45, 2.75) is 32.2 Å². The second-order valence-corrected chi connectivity index (χ2v) is 5.65. The van der Waals surface area contributed by atoms with Gasteiger partial charge in [-0.15, -0.1) is 0 Å². The average molecular weight is 258 g/mol. The minimum Gasteiger partial charge on any atom is -0.353 e. The smallest absolute Gasteiger partial charge is 0.0519 e. The van der Waals surface area contributed by atoms with Crippen LogP contribution >= 0.6 is 0 Å². The Bertz CT molecular complexity index is 540. The van der Waals surface area contributed by atoms with Crippen LogP contribution in [0.5, 0.6) is 0 Å². The molecule has 0 amide bonds. The molecule has 0 unspecified atom stereocenters. The van der Waals surface area contributed by atoms with Gasteiger partial charge in [0.05, 0.1) is 6.20 Å². The summed E-state index contributed by atoms with van der Waals surface area (Å²) in [4.78, 5) is 2.56. The Labute approximate surface area is 114 Å². The van der Waals surface area contributed by atoms with Crippen molar-refractivity contribution in [2.24, 2.45) is 7.05 Å². The fourth-order valence-corrected chi connectivity index (χ4v) is 3.09. The number of aryl methyl sites for hydroxylation is 2. The second-order valence-electron chi connectivity index (χ2n) is 5.65. The second kappa shape index (κ2) is 5.21. The predicted molar refractivity (Wildman–Crippen MR) is 76.0 cm³/mol. The van der Waals surface area contributed by atoms with Gasteiger partial charge >= 0.3 is 0 Å². The van der Waals surface area contributed by atoms with Gasteiger partial charge in [0.2, 0.25) is 0 Å². The van der Waals surface area contributed by atoms with E-state index < -0.39 is 0 Å². The van der Waals surface area contributed by atoms with Crippen molar-refractivity contribution in [3.63, 3.8) is 0 Å². The predicted octanol–water partition coefficient (Wildman–Crippen LogP) is 2.44. The van der Waals surface area contributed by atoms with Crippen molar-refractivity contribution in [3.8, 4) is 0 Å². The van der Waals surface area contributed by atoms with E-state index in [2.05, 4.69) is 52.0 Å². The maximum absolute atomic E-state index is 4.16. The lowest BCUT2D eigenvalue weighted by Crippen LogP contribution is -2.34. The van der Waals surface area contributed by atoms with E-state index in [9.17, 15) is 0 Å². The number of likely N-dealkylation sites (tertiary alicyclic amines) is 1. The van der Waals surface area contributed by atoms with Crippen LogP contribution in [0.1, 0.15) is 35.7 Å². The zero-order valence-corrected chi connectivity index (χ0v) is 11.8. The highest BCUT2D eigenvalue weighted by molar-refractivity contribution is 5.19. The summed E-state index contributed by atoms with van der Waals surface area (Å²) in [6.45, 7) is 5.53. The molecule has 19 heavy (non-hydrogen) atoms. The van der Waals surface area contributed by atoms with Gasteiger partial charge < -0.3 is 4.57 Å². The topological polar surface area (TPSA) is 36.9 Å². The zero-order chi connectivity index (χ0) is 13.2. The van der Waals surface area contributed by atoms with Crippen LogP contribution in [0.15, 0.2) is 24.5 Å². The van der Waals surface area contributed by atoms with Crippen molar-refractivity contribution in [2.75, 3.05) is 13.1 Å². The molecule has 102 valence electrons. The fraction of sp³-hybridized carbons (Fsp3) is 0.533. The summed E-state index contributed by atoms with van der Waals surface area (Å²) in [5.41, 5.74) is 4.02. The van der Waals surface area contributed by atoms with E-state index in [1.165, 1.54) is 36.3 Å². The number of piperidine rings is 1. The number of hydrogen-bond acceptors (Lipinski definition) is 2. The molecule has 1 N–H and O–H groups in total. The van der Waals surface area contributed by atoms with Crippen LogP contribution in [0.2, 0.25) is 0 Å². The Hall–Kier alpha value is -1.55. The lowest BCUT2D eigenvalue weighted by Gasteiger charge is -2.32. The first-order valence-electron chi connectivity index (χ1n) is 7.06. The molecule has 0 aliphatic carbocycles. The van der Waals surface area contributed by atoms with Gasteiger partial charge in [-0.25, -0.2) is 0 Å². The average Bonchev–Trinajstić information content (AvgIpc) is 3.00. The van der Waals surface area contributed by atoms with Crippen molar-refractivity contribution < 1.29 is 0 Å². The third-order valence-corrected chi connectivity index (χ3v) is 4.22. The molecule has 4 heteroatoms. The quantitative estimate of drug-likeness (QED) is 0.918. The minimum absolute atomic E-state index is 0.608. The Kier molecular flexibility index (Phi) is 3.42. The van der Waals surface area contributed by atoms with Crippen molar-refractivity contribution in [1.82, 2.24) is 19.7 Å². The summed E-state index contributed by atoms with van der Waals surface area (Å²) in [5.74, 6) is 0.608. The summed E-state index contributed by atoms with van der Waals surface area (Å²) < 4.78 is 2.21. The molecular weight excluding hydrogens is 236 g/mol. The highest BCUT2D eigenvalue weighted by Crippen LogP contribution is 2.28. The summed E-state index contributed by atoms with van der Waals surface area (Å²) in [7, 11) is 2.12. The molecule has 1 saturated heterocycles. The lowest BCUT2D eigenvalue weighted by molar-refractivity contribution is 0.194. The summed E-state index contributed by atoms with van der Waals surface area (Å²) in [6, 6.07) is 4.33. The molecule has 1 aliphatic rings. The third kappa shape index (κ3) is 2.59. The van der Waals surface area contributed by atoms with Gasteiger partial charge in [0.15, 0.2) is 0 Å². The molecule has 3 heterocycles. The first-order chi connectivity index (χ1) is 9.24. The molecule has 4 nitrogen and oxygen atoms in total. The van der Waals surface area contributed by atoms with E-state index in [-0.39, 0.29) is 0 Å². The number of aromatic amines is 1. The van der Waals surface area contributed by atoms with Gasteiger partial charge in [-0.3, -0.25) is 10.00 Å². The molecular formula is C15H22N4. The van der Waals surface area contributed by atoms with Crippen molar-refractivity contribution in [3.05, 3.63) is 41.5 Å². The lowest BCUT2D eigenvalue weighted by atomic mass is 9.93. The maximum Gasteiger partial charge on any atom is 0.0519 e. The van der Waals surface area contributed by atoms with Gasteiger partial charge in [-0.2, -0.15) is 5.10 Å². The molecule has 0 aromatic carbocycles. The van der Waals surface area contributed by atoms with Crippen molar-refractivity contribution >= 4 is 0 Å². The number of rotatable bonds is 3. The summed E-state index contributed by atoms with van der Waals surface area (Å²) in [6.07, 6.45) is 6.60. The van der Waals surface area contributed by atoms with E-state index >= 15 is 0 Å². The van der Waals surface area contributed by atoms with Gasteiger partial charge in [0, 0.05) is 43.6 Å². The number of aromatic nitrogens is 3. The molecule has 2 aromatic rings. The first-order valence-corrected chi connectivity index (χ1v) is 7.06. The maximum atomic E-state index is 4.16. The van der Waals surface area contributed by atoms with Crippen LogP contribution in [0, 0.1) is 6.92 Å². The minimum atomic E-state index is 0.608. The molecule has 0 radical (unpaired) electrons. The largest absolute Gasteiger partial charge is 0.353 e. The summed E-state index contributed by atoms with van der Waals surface area (Å²) in [5, 5.41) is 7.35. The molecule has 0 bridgehead atoms. The number of H-pyrrole nitrogens is 1. The highest BCUT2D eigenvalue weighted by atomic mass is 15.2. The van der Waals surface area contributed by atoms with Gasteiger partial charge in [0.1, 0.15) is 0 Å². The van der Waals surface area contributed by atoms with E-state index in [1.54, 1.807) is 0 Å². The van der Waals surface area contributed by atoms with E-state index in [0.29, 0.717) is 5.92 Å². The van der Waals surface area contributed by atoms with Gasteiger partial charge in [-0.05, 0) is 44.0 Å². The molecule has 2 aromatic heterocycles. The highest BCUT2D eigenvalue weighted by Gasteiger charge is 2.23. The summed E-state index contributed by atoms with van der Waals surface area (Å²) >= 11 is 0. The van der Waals surface area contributed by atoms with E-state index in [1.807, 2.05) is 6.20 Å². The Morgan fingerprint density at radius 2 is 2.37 bits per heavy atom. The fourth-order valence-electron chi connectivity index (χ4n) is 3.09. The Morgan fingerprint density at radius 1 is 1.47 bits per heavy atom. The van der Waals surface area contributed by atoms with Crippen LogP contribution in [0.25, 0.3) is 0 Å². The van der Waals surface area contributed by atoms with Gasteiger partial charge in [-0.1, -0.05) is 0 Å². The van der Waals surface area contributed by atoms with Crippen molar-refractivity contribution in [1.29, 1.82) is 0 Å². The van der Waals surface area contributed by atoms with Crippen LogP contribution < -0.4 is 0 Å². The van der Waals surface area contributed by atoms with Crippen LogP contribution in [-0.2, 0) is 13.6 Å². The first kappa shape index (κ1) is 12.5. The molecule has 0 spiro atoms. The number of nitrogens with one attached hydrogen (secondary N) is 1. The van der Waals surface area contributed by atoms with Crippen LogP contribution in [0.4, 0.5) is 0 Å². The third-order valence-electron chi connectivity index (χ3n) is 4.22. The molecule has 1 atom stereocenters. The van der Waals surface area contributed by atoms with Crippen LogP contribution in [-0.4, -0.2) is 32.8 Å². The van der Waals surface area contributed by atoms with Gasteiger partial charge in [0.25, 0.3) is 0 Å². The normalized spacial score (nSPS) is 20.8.